The van der Waals surface area contributed by atoms with Gasteiger partial charge in [0.05, 0.1) is 6.54 Å². The van der Waals surface area contributed by atoms with Crippen LogP contribution in [0.25, 0.3) is 11.4 Å². The summed E-state index contributed by atoms with van der Waals surface area (Å²) in [5, 5.41) is 8.08. The average Bonchev–Trinajstić information content (AvgIpc) is 3.09. The minimum atomic E-state index is 0.449. The van der Waals surface area contributed by atoms with Crippen molar-refractivity contribution in [1.29, 1.82) is 0 Å². The second-order valence-corrected chi connectivity index (χ2v) is 5.66. The molecule has 0 saturated carbocycles. The summed E-state index contributed by atoms with van der Waals surface area (Å²) < 4.78 is 5.35. The molecular formula is C13H18N4OS. The van der Waals surface area contributed by atoms with Crippen LogP contribution in [0.1, 0.15) is 25.2 Å². The van der Waals surface area contributed by atoms with E-state index in [1.807, 2.05) is 16.8 Å². The first-order valence-corrected chi connectivity index (χ1v) is 7.60. The number of hydrogen-bond acceptors (Lipinski definition) is 6. The predicted octanol–water partition coefficient (Wildman–Crippen LogP) is 2.11. The van der Waals surface area contributed by atoms with Crippen molar-refractivity contribution in [3.63, 3.8) is 0 Å². The van der Waals surface area contributed by atoms with Crippen LogP contribution >= 0.6 is 11.3 Å². The van der Waals surface area contributed by atoms with Crippen LogP contribution in [0.3, 0.4) is 0 Å². The van der Waals surface area contributed by atoms with Crippen molar-refractivity contribution in [2.24, 2.45) is 5.73 Å². The second kappa shape index (κ2) is 5.81. The molecule has 3 heterocycles. The molecule has 1 fully saturated rings. The first kappa shape index (κ1) is 12.8. The van der Waals surface area contributed by atoms with E-state index in [4.69, 9.17) is 10.3 Å². The lowest BCUT2D eigenvalue weighted by atomic mass is 10.0. The van der Waals surface area contributed by atoms with E-state index in [2.05, 4.69) is 15.0 Å². The molecule has 0 aliphatic carbocycles. The fourth-order valence-electron chi connectivity index (χ4n) is 2.54. The lowest BCUT2D eigenvalue weighted by Gasteiger charge is -2.33. The molecule has 19 heavy (non-hydrogen) atoms. The van der Waals surface area contributed by atoms with Gasteiger partial charge in [-0.3, -0.25) is 4.90 Å². The normalized spacial score (nSPS) is 20.8. The zero-order valence-corrected chi connectivity index (χ0v) is 11.6. The van der Waals surface area contributed by atoms with Crippen LogP contribution in [0.5, 0.6) is 0 Å². The van der Waals surface area contributed by atoms with Gasteiger partial charge >= 0.3 is 0 Å². The van der Waals surface area contributed by atoms with Crippen molar-refractivity contribution in [2.75, 3.05) is 13.1 Å². The van der Waals surface area contributed by atoms with Crippen molar-refractivity contribution < 1.29 is 4.52 Å². The summed E-state index contributed by atoms with van der Waals surface area (Å²) in [5.41, 5.74) is 6.84. The lowest BCUT2D eigenvalue weighted by Crippen LogP contribution is -2.43. The molecule has 1 aliphatic heterocycles. The predicted molar refractivity (Wildman–Crippen MR) is 74.7 cm³/mol. The number of rotatable bonds is 4. The van der Waals surface area contributed by atoms with Crippen LogP contribution in [0, 0.1) is 0 Å². The molecular weight excluding hydrogens is 260 g/mol. The Kier molecular flexibility index (Phi) is 3.91. The summed E-state index contributed by atoms with van der Waals surface area (Å²) >= 11 is 1.63. The van der Waals surface area contributed by atoms with Crippen LogP contribution < -0.4 is 5.73 Å². The highest BCUT2D eigenvalue weighted by Gasteiger charge is 2.23. The third-order valence-electron chi connectivity index (χ3n) is 3.61. The van der Waals surface area contributed by atoms with E-state index < -0.39 is 0 Å². The summed E-state index contributed by atoms with van der Waals surface area (Å²) in [6.45, 7) is 2.47. The van der Waals surface area contributed by atoms with E-state index in [1.54, 1.807) is 11.3 Å². The molecule has 1 saturated heterocycles. The number of aromatic nitrogens is 2. The van der Waals surface area contributed by atoms with Gasteiger partial charge in [0, 0.05) is 23.5 Å². The monoisotopic (exact) mass is 278 g/mol. The Bertz CT molecular complexity index is 510. The van der Waals surface area contributed by atoms with Crippen LogP contribution in [0.15, 0.2) is 21.3 Å². The molecule has 6 heteroatoms. The maximum absolute atomic E-state index is 5.82. The fraction of sp³-hybridized carbons (Fsp3) is 0.538. The van der Waals surface area contributed by atoms with Crippen LogP contribution in [0.4, 0.5) is 0 Å². The van der Waals surface area contributed by atoms with Crippen molar-refractivity contribution in [1.82, 2.24) is 15.0 Å². The highest BCUT2D eigenvalue weighted by molar-refractivity contribution is 7.08. The Morgan fingerprint density at radius 3 is 3.21 bits per heavy atom. The van der Waals surface area contributed by atoms with Gasteiger partial charge < -0.3 is 10.3 Å². The Morgan fingerprint density at radius 2 is 2.42 bits per heavy atom. The Labute approximate surface area is 116 Å². The first-order chi connectivity index (χ1) is 9.36. The number of nitrogens with zero attached hydrogens (tertiary/aromatic N) is 3. The largest absolute Gasteiger partial charge is 0.338 e. The van der Waals surface area contributed by atoms with E-state index in [-0.39, 0.29) is 0 Å². The summed E-state index contributed by atoms with van der Waals surface area (Å²) in [6.07, 6.45) is 3.66. The number of nitrogens with two attached hydrogens (primary N) is 1. The van der Waals surface area contributed by atoms with E-state index in [0.717, 1.165) is 12.1 Å². The molecule has 1 atom stereocenters. The van der Waals surface area contributed by atoms with Gasteiger partial charge in [0.25, 0.3) is 0 Å². The first-order valence-electron chi connectivity index (χ1n) is 6.66. The SMILES string of the molecule is NCC1CCCCN1Cc1nc(-c2ccsc2)no1. The molecule has 0 aromatic carbocycles. The van der Waals surface area contributed by atoms with Crippen molar-refractivity contribution in [3.05, 3.63) is 22.7 Å². The van der Waals surface area contributed by atoms with E-state index >= 15 is 0 Å². The third kappa shape index (κ3) is 2.86. The molecule has 0 spiro atoms. The van der Waals surface area contributed by atoms with Crippen molar-refractivity contribution >= 4 is 11.3 Å². The third-order valence-corrected chi connectivity index (χ3v) is 4.29. The Hall–Kier alpha value is -1.24. The van der Waals surface area contributed by atoms with Crippen molar-refractivity contribution in [3.8, 4) is 11.4 Å². The van der Waals surface area contributed by atoms with E-state index in [1.165, 1.54) is 19.3 Å². The highest BCUT2D eigenvalue weighted by Crippen LogP contribution is 2.21. The summed E-state index contributed by atoms with van der Waals surface area (Å²) in [6, 6.07) is 2.45. The quantitative estimate of drug-likeness (QED) is 0.927. The molecule has 0 amide bonds. The number of likely N-dealkylation sites (tertiary alicyclic amines) is 1. The zero-order chi connectivity index (χ0) is 13.1. The number of hydrogen-bond donors (Lipinski definition) is 1. The van der Waals surface area contributed by atoms with Crippen LogP contribution in [0.2, 0.25) is 0 Å². The van der Waals surface area contributed by atoms with Crippen LogP contribution in [-0.4, -0.2) is 34.2 Å². The van der Waals surface area contributed by atoms with Gasteiger partial charge in [-0.05, 0) is 30.8 Å². The van der Waals surface area contributed by atoms with Gasteiger partial charge in [0.15, 0.2) is 0 Å². The molecule has 0 radical (unpaired) electrons. The van der Waals surface area contributed by atoms with E-state index in [0.29, 0.717) is 30.8 Å². The standard InChI is InChI=1S/C13H18N4OS/c14-7-11-3-1-2-5-17(11)8-12-15-13(16-18-12)10-4-6-19-9-10/h4,6,9,11H,1-3,5,7-8,14H2. The molecule has 2 aromatic rings. The molecule has 0 bridgehead atoms. The minimum absolute atomic E-state index is 0.449. The summed E-state index contributed by atoms with van der Waals surface area (Å²) in [7, 11) is 0. The molecule has 2 N–H and O–H groups in total. The molecule has 3 rings (SSSR count). The second-order valence-electron chi connectivity index (χ2n) is 4.88. The fourth-order valence-corrected chi connectivity index (χ4v) is 3.17. The molecule has 1 unspecified atom stereocenters. The highest BCUT2D eigenvalue weighted by atomic mass is 32.1. The molecule has 2 aromatic heterocycles. The topological polar surface area (TPSA) is 68.2 Å². The van der Waals surface area contributed by atoms with Gasteiger partial charge in [-0.15, -0.1) is 0 Å². The Morgan fingerprint density at radius 1 is 1.47 bits per heavy atom. The smallest absolute Gasteiger partial charge is 0.241 e. The van der Waals surface area contributed by atoms with E-state index in [9.17, 15) is 0 Å². The van der Waals surface area contributed by atoms with Gasteiger partial charge in [-0.2, -0.15) is 16.3 Å². The van der Waals surface area contributed by atoms with Gasteiger partial charge in [0.1, 0.15) is 0 Å². The van der Waals surface area contributed by atoms with Crippen molar-refractivity contribution in [2.45, 2.75) is 31.8 Å². The number of thiophene rings is 1. The average molecular weight is 278 g/mol. The van der Waals surface area contributed by atoms with Gasteiger partial charge in [0.2, 0.25) is 11.7 Å². The minimum Gasteiger partial charge on any atom is -0.338 e. The maximum atomic E-state index is 5.82. The number of piperidine rings is 1. The van der Waals surface area contributed by atoms with Gasteiger partial charge in [-0.1, -0.05) is 11.6 Å². The summed E-state index contributed by atoms with van der Waals surface area (Å²) in [5.74, 6) is 1.36. The lowest BCUT2D eigenvalue weighted by molar-refractivity contribution is 0.128. The molecule has 5 nitrogen and oxygen atoms in total. The maximum Gasteiger partial charge on any atom is 0.241 e. The Balaban J connectivity index is 1.69. The van der Waals surface area contributed by atoms with Crippen LogP contribution in [-0.2, 0) is 6.54 Å². The molecule has 102 valence electrons. The molecule has 1 aliphatic rings. The zero-order valence-electron chi connectivity index (χ0n) is 10.8. The van der Waals surface area contributed by atoms with Gasteiger partial charge in [-0.25, -0.2) is 0 Å². The summed E-state index contributed by atoms with van der Waals surface area (Å²) in [4.78, 5) is 6.82.